The highest BCUT2D eigenvalue weighted by molar-refractivity contribution is 5.68. The van der Waals surface area contributed by atoms with E-state index in [9.17, 15) is 4.79 Å². The first-order valence-corrected chi connectivity index (χ1v) is 6.71. The Morgan fingerprint density at radius 1 is 1.47 bits per heavy atom. The van der Waals surface area contributed by atoms with Crippen molar-refractivity contribution in [2.45, 2.75) is 64.0 Å². The van der Waals surface area contributed by atoms with Crippen molar-refractivity contribution in [2.75, 3.05) is 7.11 Å². The number of methoxy groups -OCH3 is 1. The first-order valence-electron chi connectivity index (χ1n) is 6.71. The highest BCUT2D eigenvalue weighted by Crippen LogP contribution is 2.28. The zero-order chi connectivity index (χ0) is 12.7. The first-order chi connectivity index (χ1) is 8.24. The molecule has 0 aromatic carbocycles. The van der Waals surface area contributed by atoms with Crippen LogP contribution in [0, 0.1) is 0 Å². The Morgan fingerprint density at radius 2 is 2.18 bits per heavy atom. The molecule has 0 aromatic rings. The third-order valence-corrected chi connectivity index (χ3v) is 3.58. The summed E-state index contributed by atoms with van der Waals surface area (Å²) in [5.41, 5.74) is 0. The molecule has 3 nitrogen and oxygen atoms in total. The number of piperidine rings is 1. The summed E-state index contributed by atoms with van der Waals surface area (Å²) in [6.07, 6.45) is 9.46. The summed E-state index contributed by atoms with van der Waals surface area (Å²) in [5, 5.41) is 0. The van der Waals surface area contributed by atoms with Crippen molar-refractivity contribution in [3.8, 4) is 0 Å². The molecule has 1 heterocycles. The maximum Gasteiger partial charge on any atom is 0.409 e. The van der Waals surface area contributed by atoms with Crippen LogP contribution in [-0.4, -0.2) is 30.2 Å². The van der Waals surface area contributed by atoms with Gasteiger partial charge in [-0.15, -0.1) is 6.58 Å². The maximum absolute atomic E-state index is 11.9. The van der Waals surface area contributed by atoms with Crippen molar-refractivity contribution in [3.05, 3.63) is 12.7 Å². The van der Waals surface area contributed by atoms with Crippen LogP contribution in [0.2, 0.25) is 0 Å². The predicted octanol–water partition coefficient (Wildman–Crippen LogP) is 3.74. The minimum Gasteiger partial charge on any atom is -0.453 e. The Labute approximate surface area is 105 Å². The number of unbranched alkanes of at least 4 members (excludes halogenated alkanes) is 1. The average molecular weight is 239 g/mol. The van der Waals surface area contributed by atoms with Crippen molar-refractivity contribution in [3.63, 3.8) is 0 Å². The molecule has 98 valence electrons. The Kier molecular flexibility index (Phi) is 6.09. The van der Waals surface area contributed by atoms with Gasteiger partial charge in [0.2, 0.25) is 0 Å². The van der Waals surface area contributed by atoms with E-state index in [0.29, 0.717) is 6.04 Å². The standard InChI is InChI=1S/C14H25NO2/c1-4-6-9-13-11-7-10-12(8-5-2)15(13)14(16)17-3/h5,12-13H,2,4,6-11H2,1,3H3. The lowest BCUT2D eigenvalue weighted by atomic mass is 9.91. The third-order valence-electron chi connectivity index (χ3n) is 3.58. The lowest BCUT2D eigenvalue weighted by molar-refractivity contribution is 0.0555. The average Bonchev–Trinajstić information content (AvgIpc) is 2.36. The summed E-state index contributed by atoms with van der Waals surface area (Å²) >= 11 is 0. The van der Waals surface area contributed by atoms with Gasteiger partial charge in [-0.05, 0) is 32.1 Å². The van der Waals surface area contributed by atoms with Gasteiger partial charge in [0.15, 0.2) is 0 Å². The van der Waals surface area contributed by atoms with Crippen molar-refractivity contribution in [2.24, 2.45) is 0 Å². The number of carbonyl (C=O) groups excluding carboxylic acids is 1. The summed E-state index contributed by atoms with van der Waals surface area (Å²) in [6.45, 7) is 5.97. The zero-order valence-electron chi connectivity index (χ0n) is 11.2. The summed E-state index contributed by atoms with van der Waals surface area (Å²) in [6, 6.07) is 0.650. The number of ether oxygens (including phenoxy) is 1. The Hall–Kier alpha value is -0.990. The molecule has 1 fully saturated rings. The maximum atomic E-state index is 11.9. The topological polar surface area (TPSA) is 29.5 Å². The predicted molar refractivity (Wildman–Crippen MR) is 70.0 cm³/mol. The number of nitrogens with zero attached hydrogens (tertiary/aromatic N) is 1. The molecule has 1 amide bonds. The van der Waals surface area contributed by atoms with E-state index in [4.69, 9.17) is 4.74 Å². The van der Waals surface area contributed by atoms with E-state index in [2.05, 4.69) is 13.5 Å². The highest BCUT2D eigenvalue weighted by Gasteiger charge is 2.33. The second kappa shape index (κ2) is 7.36. The van der Waals surface area contributed by atoms with Gasteiger partial charge in [-0.25, -0.2) is 4.79 Å². The van der Waals surface area contributed by atoms with Crippen LogP contribution < -0.4 is 0 Å². The van der Waals surface area contributed by atoms with Gasteiger partial charge in [0.25, 0.3) is 0 Å². The molecule has 0 spiro atoms. The fourth-order valence-corrected chi connectivity index (χ4v) is 2.72. The first kappa shape index (κ1) is 14.1. The van der Waals surface area contributed by atoms with Crippen LogP contribution in [0.15, 0.2) is 12.7 Å². The normalized spacial score (nSPS) is 24.5. The van der Waals surface area contributed by atoms with Crippen LogP contribution >= 0.6 is 0 Å². The van der Waals surface area contributed by atoms with E-state index in [-0.39, 0.29) is 12.1 Å². The van der Waals surface area contributed by atoms with E-state index in [1.807, 2.05) is 11.0 Å². The number of amides is 1. The molecular formula is C14H25NO2. The molecule has 17 heavy (non-hydrogen) atoms. The summed E-state index contributed by atoms with van der Waals surface area (Å²) in [7, 11) is 1.47. The molecule has 0 bridgehead atoms. The smallest absolute Gasteiger partial charge is 0.409 e. The minimum atomic E-state index is -0.169. The number of carbonyl (C=O) groups is 1. The fourth-order valence-electron chi connectivity index (χ4n) is 2.72. The molecule has 2 unspecified atom stereocenters. The lowest BCUT2D eigenvalue weighted by Crippen LogP contribution is -2.49. The molecule has 2 atom stereocenters. The molecule has 3 heteroatoms. The number of hydrogen-bond acceptors (Lipinski definition) is 2. The van der Waals surface area contributed by atoms with Gasteiger partial charge in [-0.3, -0.25) is 0 Å². The quantitative estimate of drug-likeness (QED) is 0.684. The van der Waals surface area contributed by atoms with Crippen molar-refractivity contribution in [1.82, 2.24) is 4.90 Å². The second-order valence-electron chi connectivity index (χ2n) is 4.78. The van der Waals surface area contributed by atoms with Crippen molar-refractivity contribution >= 4 is 6.09 Å². The molecular weight excluding hydrogens is 214 g/mol. The van der Waals surface area contributed by atoms with E-state index in [1.54, 1.807) is 0 Å². The molecule has 1 rings (SSSR count). The third kappa shape index (κ3) is 3.76. The van der Waals surface area contributed by atoms with E-state index in [1.165, 1.54) is 26.4 Å². The van der Waals surface area contributed by atoms with Crippen LogP contribution in [0.25, 0.3) is 0 Å². The molecule has 0 N–H and O–H groups in total. The molecule has 0 radical (unpaired) electrons. The molecule has 1 aliphatic heterocycles. The van der Waals surface area contributed by atoms with Crippen LogP contribution in [0.5, 0.6) is 0 Å². The summed E-state index contributed by atoms with van der Waals surface area (Å²) in [5.74, 6) is 0. The van der Waals surface area contributed by atoms with Gasteiger partial charge < -0.3 is 9.64 Å². The van der Waals surface area contributed by atoms with Crippen LogP contribution in [0.3, 0.4) is 0 Å². The van der Waals surface area contributed by atoms with E-state index >= 15 is 0 Å². The zero-order valence-corrected chi connectivity index (χ0v) is 11.2. The number of rotatable bonds is 5. The Bertz CT molecular complexity index is 253. The van der Waals surface area contributed by atoms with Crippen molar-refractivity contribution in [1.29, 1.82) is 0 Å². The van der Waals surface area contributed by atoms with Crippen LogP contribution in [-0.2, 0) is 4.74 Å². The van der Waals surface area contributed by atoms with Crippen LogP contribution in [0.4, 0.5) is 4.79 Å². The Balaban J connectivity index is 2.71. The van der Waals surface area contributed by atoms with Crippen molar-refractivity contribution < 1.29 is 9.53 Å². The lowest BCUT2D eigenvalue weighted by Gasteiger charge is -2.41. The monoisotopic (exact) mass is 239 g/mol. The highest BCUT2D eigenvalue weighted by atomic mass is 16.5. The van der Waals surface area contributed by atoms with Gasteiger partial charge in [0.05, 0.1) is 7.11 Å². The van der Waals surface area contributed by atoms with Gasteiger partial charge in [0.1, 0.15) is 0 Å². The Morgan fingerprint density at radius 3 is 2.76 bits per heavy atom. The van der Waals surface area contributed by atoms with Gasteiger partial charge in [-0.1, -0.05) is 25.8 Å². The van der Waals surface area contributed by atoms with Crippen LogP contribution in [0.1, 0.15) is 51.9 Å². The number of likely N-dealkylation sites (tertiary alicyclic amines) is 1. The molecule has 0 aromatic heterocycles. The fraction of sp³-hybridized carbons (Fsp3) is 0.786. The molecule has 0 saturated carbocycles. The molecule has 0 aliphatic carbocycles. The molecule has 1 aliphatic rings. The summed E-state index contributed by atoms with van der Waals surface area (Å²) in [4.78, 5) is 13.9. The number of hydrogen-bond donors (Lipinski definition) is 0. The van der Waals surface area contributed by atoms with Gasteiger partial charge in [-0.2, -0.15) is 0 Å². The SMILES string of the molecule is C=CCC1CCCC(CCCC)N1C(=O)OC. The molecule has 1 saturated heterocycles. The van der Waals surface area contributed by atoms with Gasteiger partial charge >= 0.3 is 6.09 Å². The van der Waals surface area contributed by atoms with E-state index in [0.717, 1.165) is 25.7 Å². The second-order valence-corrected chi connectivity index (χ2v) is 4.78. The minimum absolute atomic E-state index is 0.169. The largest absolute Gasteiger partial charge is 0.453 e. The van der Waals surface area contributed by atoms with E-state index < -0.39 is 0 Å². The summed E-state index contributed by atoms with van der Waals surface area (Å²) < 4.78 is 4.93. The van der Waals surface area contributed by atoms with Gasteiger partial charge in [0, 0.05) is 12.1 Å².